The van der Waals surface area contributed by atoms with Gasteiger partial charge in [-0.15, -0.1) is 0 Å². The van der Waals surface area contributed by atoms with Gasteiger partial charge in [-0.05, 0) is 13.3 Å². The van der Waals surface area contributed by atoms with Gasteiger partial charge >= 0.3 is 6.03 Å². The predicted molar refractivity (Wildman–Crippen MR) is 87.7 cm³/mol. The van der Waals surface area contributed by atoms with E-state index < -0.39 is 0 Å². The van der Waals surface area contributed by atoms with Crippen LogP contribution in [-0.4, -0.2) is 51.6 Å². The highest BCUT2D eigenvalue weighted by molar-refractivity contribution is 5.89. The molecule has 0 atom stereocenters. The van der Waals surface area contributed by atoms with Gasteiger partial charge in [0.1, 0.15) is 12.4 Å². The number of aryl methyl sites for hydroxylation is 2. The Hall–Kier alpha value is -2.42. The van der Waals surface area contributed by atoms with Crippen LogP contribution in [0.15, 0.2) is 4.52 Å². The summed E-state index contributed by atoms with van der Waals surface area (Å²) in [6.07, 6.45) is 1.39. The van der Waals surface area contributed by atoms with Crippen LogP contribution in [0, 0.1) is 6.92 Å². The summed E-state index contributed by atoms with van der Waals surface area (Å²) in [4.78, 5) is 18.1. The van der Waals surface area contributed by atoms with Crippen LogP contribution in [-0.2, 0) is 31.2 Å². The highest BCUT2D eigenvalue weighted by Crippen LogP contribution is 2.18. The van der Waals surface area contributed by atoms with E-state index in [0.717, 1.165) is 17.7 Å². The first-order valence-electron chi connectivity index (χ1n) is 7.81. The maximum Gasteiger partial charge on any atom is 0.323 e. The average Bonchev–Trinajstić information content (AvgIpc) is 3.11. The van der Waals surface area contributed by atoms with Crippen molar-refractivity contribution in [3.8, 4) is 0 Å². The predicted octanol–water partition coefficient (Wildman–Crippen LogP) is 1.53. The van der Waals surface area contributed by atoms with E-state index in [1.807, 2.05) is 20.9 Å². The van der Waals surface area contributed by atoms with E-state index in [0.29, 0.717) is 30.6 Å². The minimum atomic E-state index is -0.264. The van der Waals surface area contributed by atoms with Crippen LogP contribution in [0.3, 0.4) is 0 Å². The Morgan fingerprint density at radius 2 is 2.21 bits per heavy atom. The molecular formula is C15H24N6O3. The van der Waals surface area contributed by atoms with E-state index in [9.17, 15) is 4.79 Å². The van der Waals surface area contributed by atoms with Crippen molar-refractivity contribution in [3.05, 3.63) is 23.0 Å². The fourth-order valence-electron chi connectivity index (χ4n) is 2.32. The molecule has 24 heavy (non-hydrogen) atoms. The number of hydrogen-bond donors (Lipinski definition) is 1. The molecule has 0 aliphatic heterocycles. The third-order valence-electron chi connectivity index (χ3n) is 3.70. The number of hydrogen-bond acceptors (Lipinski definition) is 6. The second-order valence-electron chi connectivity index (χ2n) is 5.53. The molecule has 2 aromatic heterocycles. The molecule has 0 saturated heterocycles. The number of amides is 2. The number of urea groups is 1. The lowest BCUT2D eigenvalue weighted by Crippen LogP contribution is -2.31. The fraction of sp³-hybridized carbons (Fsp3) is 0.600. The van der Waals surface area contributed by atoms with Gasteiger partial charge in [0.15, 0.2) is 5.82 Å². The maximum atomic E-state index is 12.4. The van der Waals surface area contributed by atoms with Crippen molar-refractivity contribution < 1.29 is 14.1 Å². The lowest BCUT2D eigenvalue weighted by atomic mass is 10.2. The van der Waals surface area contributed by atoms with Gasteiger partial charge in [0.05, 0.1) is 12.3 Å². The van der Waals surface area contributed by atoms with Gasteiger partial charge < -0.3 is 14.2 Å². The van der Waals surface area contributed by atoms with E-state index in [1.54, 1.807) is 18.8 Å². The average molecular weight is 336 g/mol. The second-order valence-corrected chi connectivity index (χ2v) is 5.53. The zero-order valence-electron chi connectivity index (χ0n) is 14.8. The maximum absolute atomic E-state index is 12.4. The lowest BCUT2D eigenvalue weighted by Gasteiger charge is -2.16. The zero-order chi connectivity index (χ0) is 17.7. The fourth-order valence-corrected chi connectivity index (χ4v) is 2.32. The highest BCUT2D eigenvalue weighted by atomic mass is 16.5. The molecule has 2 aromatic rings. The minimum absolute atomic E-state index is 0.226. The van der Waals surface area contributed by atoms with Gasteiger partial charge in [-0.1, -0.05) is 12.1 Å². The first kappa shape index (κ1) is 17.9. The Bertz CT molecular complexity index is 693. The van der Waals surface area contributed by atoms with Crippen molar-refractivity contribution in [2.45, 2.75) is 33.2 Å². The molecule has 0 saturated carbocycles. The highest BCUT2D eigenvalue weighted by Gasteiger charge is 2.18. The molecule has 0 aromatic carbocycles. The standard InChI is InChI=1S/C15H24N6O3/c1-6-11-10(2)14(21(4)18-11)17-15(22)20(3)9-13-16-12(19-24-13)7-8-23-5/h6-9H2,1-5H3,(H,17,22). The van der Waals surface area contributed by atoms with Gasteiger partial charge in [-0.2, -0.15) is 10.1 Å². The molecule has 2 rings (SSSR count). The van der Waals surface area contributed by atoms with Crippen LogP contribution < -0.4 is 5.32 Å². The number of carbonyl (C=O) groups excluding carboxylic acids is 1. The third kappa shape index (κ3) is 4.10. The van der Waals surface area contributed by atoms with Gasteiger partial charge in [0.25, 0.3) is 0 Å². The Morgan fingerprint density at radius 1 is 1.46 bits per heavy atom. The number of nitrogens with one attached hydrogen (secondary N) is 1. The Labute approximate surface area is 141 Å². The molecular weight excluding hydrogens is 312 g/mol. The Morgan fingerprint density at radius 3 is 2.83 bits per heavy atom. The summed E-state index contributed by atoms with van der Waals surface area (Å²) < 4.78 is 11.8. The van der Waals surface area contributed by atoms with Crippen molar-refractivity contribution >= 4 is 11.8 Å². The van der Waals surface area contributed by atoms with Gasteiger partial charge in [0.2, 0.25) is 5.89 Å². The molecule has 132 valence electrons. The van der Waals surface area contributed by atoms with Crippen LogP contribution in [0.2, 0.25) is 0 Å². The minimum Gasteiger partial charge on any atom is -0.384 e. The van der Waals surface area contributed by atoms with Crippen LogP contribution in [0.4, 0.5) is 10.6 Å². The molecule has 0 aliphatic rings. The van der Waals surface area contributed by atoms with E-state index in [-0.39, 0.29) is 12.6 Å². The number of carbonyl (C=O) groups is 1. The summed E-state index contributed by atoms with van der Waals surface area (Å²) in [6.45, 7) is 4.73. The number of anilines is 1. The smallest absolute Gasteiger partial charge is 0.323 e. The van der Waals surface area contributed by atoms with Crippen molar-refractivity contribution in [2.24, 2.45) is 7.05 Å². The summed E-state index contributed by atoms with van der Waals surface area (Å²) >= 11 is 0. The zero-order valence-corrected chi connectivity index (χ0v) is 14.8. The van der Waals surface area contributed by atoms with Crippen molar-refractivity contribution in [1.29, 1.82) is 0 Å². The summed E-state index contributed by atoms with van der Waals surface area (Å²) in [5.41, 5.74) is 1.94. The molecule has 0 spiro atoms. The van der Waals surface area contributed by atoms with Gasteiger partial charge in [0, 0.05) is 33.2 Å². The number of methoxy groups -OCH3 is 1. The van der Waals surface area contributed by atoms with Crippen LogP contribution >= 0.6 is 0 Å². The first-order chi connectivity index (χ1) is 11.5. The summed E-state index contributed by atoms with van der Waals surface area (Å²) in [7, 11) is 5.09. The number of nitrogens with zero attached hydrogens (tertiary/aromatic N) is 5. The molecule has 9 nitrogen and oxygen atoms in total. The van der Waals surface area contributed by atoms with Crippen molar-refractivity contribution in [3.63, 3.8) is 0 Å². The quantitative estimate of drug-likeness (QED) is 0.823. The van der Waals surface area contributed by atoms with Crippen LogP contribution in [0.1, 0.15) is 29.9 Å². The molecule has 0 radical (unpaired) electrons. The van der Waals surface area contributed by atoms with Crippen LogP contribution in [0.5, 0.6) is 0 Å². The number of ether oxygens (including phenoxy) is 1. The largest absolute Gasteiger partial charge is 0.384 e. The van der Waals surface area contributed by atoms with Crippen molar-refractivity contribution in [2.75, 3.05) is 26.1 Å². The topological polar surface area (TPSA) is 98.3 Å². The van der Waals surface area contributed by atoms with E-state index >= 15 is 0 Å². The Balaban J connectivity index is 1.97. The lowest BCUT2D eigenvalue weighted by molar-refractivity contribution is 0.199. The normalized spacial score (nSPS) is 10.9. The molecule has 9 heteroatoms. The number of rotatable bonds is 7. The summed E-state index contributed by atoms with van der Waals surface area (Å²) in [5.74, 6) is 1.64. The first-order valence-corrected chi connectivity index (χ1v) is 7.81. The molecule has 2 amide bonds. The molecule has 0 unspecified atom stereocenters. The Kier molecular flexibility index (Phi) is 5.91. The molecule has 0 bridgehead atoms. The second kappa shape index (κ2) is 7.91. The molecule has 1 N–H and O–H groups in total. The SMILES string of the molecule is CCc1nn(C)c(NC(=O)N(C)Cc2nc(CCOC)no2)c1C. The summed E-state index contributed by atoms with van der Waals surface area (Å²) in [5, 5.41) is 11.1. The van der Waals surface area contributed by atoms with E-state index in [1.165, 1.54) is 4.90 Å². The third-order valence-corrected chi connectivity index (χ3v) is 3.70. The monoisotopic (exact) mass is 336 g/mol. The van der Waals surface area contributed by atoms with Crippen LogP contribution in [0.25, 0.3) is 0 Å². The molecule has 0 aliphatic carbocycles. The van der Waals surface area contributed by atoms with E-state index in [4.69, 9.17) is 9.26 Å². The van der Waals surface area contributed by atoms with Gasteiger partial charge in [-0.25, -0.2) is 4.79 Å². The number of aromatic nitrogens is 4. The van der Waals surface area contributed by atoms with Crippen molar-refractivity contribution in [1.82, 2.24) is 24.8 Å². The summed E-state index contributed by atoms with van der Waals surface area (Å²) in [6, 6.07) is -0.264. The molecule has 2 heterocycles. The van der Waals surface area contributed by atoms with E-state index in [2.05, 4.69) is 20.6 Å². The molecule has 0 fully saturated rings. The van der Waals surface area contributed by atoms with Gasteiger partial charge in [-0.3, -0.25) is 10.00 Å².